The van der Waals surface area contributed by atoms with Crippen LogP contribution in [0.3, 0.4) is 0 Å². The van der Waals surface area contributed by atoms with Crippen LogP contribution < -0.4 is 0 Å². The maximum absolute atomic E-state index is 13.6. The van der Waals surface area contributed by atoms with E-state index in [2.05, 4.69) is 19.9 Å². The Balaban J connectivity index is 2.53. The Morgan fingerprint density at radius 1 is 1.29 bits per heavy atom. The molecule has 1 aliphatic rings. The minimum Gasteiger partial charge on any atom is -0.206 e. The number of rotatable bonds is 1. The fraction of sp³-hybridized carbons (Fsp3) is 0.385. The summed E-state index contributed by atoms with van der Waals surface area (Å²) in [5.41, 5.74) is 3.06. The number of fused-ring (bicyclic) bond motifs is 1. The van der Waals surface area contributed by atoms with Crippen LogP contribution in [0.15, 0.2) is 18.2 Å². The predicted molar refractivity (Wildman–Crippen MR) is 57.8 cm³/mol. The summed E-state index contributed by atoms with van der Waals surface area (Å²) in [5, 5.41) is 0. The summed E-state index contributed by atoms with van der Waals surface area (Å²) in [5.74, 6) is 0.336. The van der Waals surface area contributed by atoms with Gasteiger partial charge in [-0.15, -0.1) is 0 Å². The molecule has 0 spiro atoms. The monoisotopic (exact) mass is 190 g/mol. The van der Waals surface area contributed by atoms with Gasteiger partial charge in [0.15, 0.2) is 0 Å². The first-order valence-corrected chi connectivity index (χ1v) is 5.17. The van der Waals surface area contributed by atoms with Crippen LogP contribution in [0.5, 0.6) is 0 Å². The van der Waals surface area contributed by atoms with Gasteiger partial charge in [0, 0.05) is 5.56 Å². The third kappa shape index (κ3) is 1.59. The first-order valence-electron chi connectivity index (χ1n) is 5.17. The Hall–Kier alpha value is -1.11. The van der Waals surface area contributed by atoms with Gasteiger partial charge in [0.1, 0.15) is 5.82 Å². The highest BCUT2D eigenvalue weighted by molar-refractivity contribution is 5.58. The van der Waals surface area contributed by atoms with Gasteiger partial charge in [0.2, 0.25) is 0 Å². The van der Waals surface area contributed by atoms with Crippen molar-refractivity contribution < 1.29 is 4.39 Å². The lowest BCUT2D eigenvalue weighted by Crippen LogP contribution is -2.00. The zero-order valence-electron chi connectivity index (χ0n) is 8.68. The average Bonchev–Trinajstić information content (AvgIpc) is 2.17. The highest BCUT2D eigenvalue weighted by Crippen LogP contribution is 2.26. The Morgan fingerprint density at radius 3 is 2.79 bits per heavy atom. The molecule has 2 rings (SSSR count). The van der Waals surface area contributed by atoms with Gasteiger partial charge in [-0.1, -0.05) is 32.1 Å². The molecule has 1 aliphatic carbocycles. The van der Waals surface area contributed by atoms with E-state index < -0.39 is 0 Å². The van der Waals surface area contributed by atoms with Gasteiger partial charge in [-0.05, 0) is 36.0 Å². The molecule has 0 saturated carbocycles. The van der Waals surface area contributed by atoms with Crippen LogP contribution in [0, 0.1) is 5.82 Å². The molecule has 0 fully saturated rings. The zero-order valence-corrected chi connectivity index (χ0v) is 8.68. The van der Waals surface area contributed by atoms with Gasteiger partial charge in [-0.2, -0.15) is 0 Å². The Kier molecular flexibility index (Phi) is 2.40. The van der Waals surface area contributed by atoms with E-state index in [-0.39, 0.29) is 5.82 Å². The maximum Gasteiger partial charge on any atom is 0.130 e. The molecule has 1 aromatic carbocycles. The highest BCUT2D eigenvalue weighted by Gasteiger charge is 2.12. The molecule has 0 radical (unpaired) electrons. The van der Waals surface area contributed by atoms with Crippen LogP contribution in [-0.4, -0.2) is 0 Å². The molecule has 1 heteroatoms. The molecular weight excluding hydrogens is 175 g/mol. The number of halogens is 1. The number of benzene rings is 1. The van der Waals surface area contributed by atoms with Crippen LogP contribution in [0.1, 0.15) is 42.9 Å². The van der Waals surface area contributed by atoms with Crippen LogP contribution >= 0.6 is 0 Å². The molecule has 0 aliphatic heterocycles. The van der Waals surface area contributed by atoms with Crippen molar-refractivity contribution in [1.82, 2.24) is 0 Å². The lowest BCUT2D eigenvalue weighted by atomic mass is 9.91. The first kappa shape index (κ1) is 9.45. The van der Waals surface area contributed by atoms with E-state index in [1.54, 1.807) is 6.07 Å². The van der Waals surface area contributed by atoms with E-state index >= 15 is 0 Å². The third-order valence-corrected chi connectivity index (χ3v) is 2.77. The average molecular weight is 190 g/mol. The predicted octanol–water partition coefficient (Wildman–Crippen LogP) is 3.91. The van der Waals surface area contributed by atoms with E-state index in [1.165, 1.54) is 0 Å². The van der Waals surface area contributed by atoms with Crippen molar-refractivity contribution in [2.24, 2.45) is 0 Å². The third-order valence-electron chi connectivity index (χ3n) is 2.77. The van der Waals surface area contributed by atoms with Crippen molar-refractivity contribution in [1.29, 1.82) is 0 Å². The smallest absolute Gasteiger partial charge is 0.130 e. The topological polar surface area (TPSA) is 0 Å². The molecule has 0 amide bonds. The van der Waals surface area contributed by atoms with Gasteiger partial charge in [-0.25, -0.2) is 4.39 Å². The molecule has 1 aromatic rings. The first-order chi connectivity index (χ1) is 6.68. The molecule has 0 heterocycles. The van der Waals surface area contributed by atoms with E-state index in [4.69, 9.17) is 0 Å². The second kappa shape index (κ2) is 3.56. The highest BCUT2D eigenvalue weighted by atomic mass is 19.1. The SMILES string of the molecule is CC(C)c1cc(F)c2c(c1)CCC=C2. The maximum atomic E-state index is 13.6. The van der Waals surface area contributed by atoms with Gasteiger partial charge in [-0.3, -0.25) is 0 Å². The summed E-state index contributed by atoms with van der Waals surface area (Å²) in [7, 11) is 0. The van der Waals surface area contributed by atoms with Crippen LogP contribution in [0.2, 0.25) is 0 Å². The lowest BCUT2D eigenvalue weighted by Gasteiger charge is -2.15. The summed E-state index contributed by atoms with van der Waals surface area (Å²) in [6.07, 6.45) is 5.95. The molecular formula is C13H15F. The van der Waals surface area contributed by atoms with Gasteiger partial charge in [0.05, 0.1) is 0 Å². The van der Waals surface area contributed by atoms with Crippen molar-refractivity contribution in [3.63, 3.8) is 0 Å². The molecule has 0 aromatic heterocycles. The molecule has 14 heavy (non-hydrogen) atoms. The minimum atomic E-state index is -0.0675. The molecule has 0 N–H and O–H groups in total. The van der Waals surface area contributed by atoms with Gasteiger partial charge >= 0.3 is 0 Å². The fourth-order valence-electron chi connectivity index (χ4n) is 1.86. The Bertz CT molecular complexity index is 375. The molecule has 0 atom stereocenters. The summed E-state index contributed by atoms with van der Waals surface area (Å²) in [4.78, 5) is 0. The van der Waals surface area contributed by atoms with Crippen molar-refractivity contribution in [2.45, 2.75) is 32.6 Å². The van der Waals surface area contributed by atoms with Crippen molar-refractivity contribution in [3.05, 3.63) is 40.7 Å². The standard InChI is InChI=1S/C13H15F/c1-9(2)11-7-10-5-3-4-6-12(10)13(14)8-11/h4,6-9H,3,5H2,1-2H3. The van der Waals surface area contributed by atoms with Crippen LogP contribution in [0.4, 0.5) is 4.39 Å². The lowest BCUT2D eigenvalue weighted by molar-refractivity contribution is 0.616. The van der Waals surface area contributed by atoms with Crippen LogP contribution in [-0.2, 0) is 6.42 Å². The second-order valence-electron chi connectivity index (χ2n) is 4.17. The molecule has 0 nitrogen and oxygen atoms in total. The van der Waals surface area contributed by atoms with E-state index in [0.717, 1.165) is 29.5 Å². The summed E-state index contributed by atoms with van der Waals surface area (Å²) in [6.45, 7) is 4.19. The minimum absolute atomic E-state index is 0.0675. The number of aryl methyl sites for hydroxylation is 1. The van der Waals surface area contributed by atoms with Gasteiger partial charge < -0.3 is 0 Å². The molecule has 0 saturated heterocycles. The van der Waals surface area contributed by atoms with Crippen molar-refractivity contribution in [2.75, 3.05) is 0 Å². The fourth-order valence-corrected chi connectivity index (χ4v) is 1.86. The number of hydrogen-bond acceptors (Lipinski definition) is 0. The van der Waals surface area contributed by atoms with E-state index in [1.807, 2.05) is 12.2 Å². The molecule has 0 unspecified atom stereocenters. The molecule has 0 bridgehead atoms. The summed E-state index contributed by atoms with van der Waals surface area (Å²) < 4.78 is 13.6. The largest absolute Gasteiger partial charge is 0.206 e. The van der Waals surface area contributed by atoms with Gasteiger partial charge in [0.25, 0.3) is 0 Å². The van der Waals surface area contributed by atoms with Crippen molar-refractivity contribution in [3.8, 4) is 0 Å². The Morgan fingerprint density at radius 2 is 2.07 bits per heavy atom. The normalized spacial score (nSPS) is 14.6. The summed E-state index contributed by atoms with van der Waals surface area (Å²) in [6, 6.07) is 3.81. The second-order valence-corrected chi connectivity index (χ2v) is 4.17. The van der Waals surface area contributed by atoms with E-state index in [9.17, 15) is 4.39 Å². The molecule has 74 valence electrons. The summed E-state index contributed by atoms with van der Waals surface area (Å²) >= 11 is 0. The van der Waals surface area contributed by atoms with Crippen LogP contribution in [0.25, 0.3) is 6.08 Å². The Labute approximate surface area is 84.5 Å². The number of hydrogen-bond donors (Lipinski definition) is 0. The van der Waals surface area contributed by atoms with E-state index in [0.29, 0.717) is 5.92 Å². The quantitative estimate of drug-likeness (QED) is 0.630. The number of allylic oxidation sites excluding steroid dienone is 1. The zero-order chi connectivity index (χ0) is 10.1. The van der Waals surface area contributed by atoms with Crippen molar-refractivity contribution >= 4 is 6.08 Å².